The zero-order valence-corrected chi connectivity index (χ0v) is 11.5. The number of anilines is 2. The first-order chi connectivity index (χ1) is 9.81. The zero-order chi connectivity index (χ0) is 13.8. The molecule has 2 N–H and O–H groups in total. The highest BCUT2D eigenvalue weighted by Gasteiger charge is 2.16. The summed E-state index contributed by atoms with van der Waals surface area (Å²) < 4.78 is 5.31. The summed E-state index contributed by atoms with van der Waals surface area (Å²) in [5.41, 5.74) is 0.939. The van der Waals surface area contributed by atoms with Gasteiger partial charge in [-0.2, -0.15) is 15.0 Å². The maximum atomic E-state index is 5.95. The Kier molecular flexibility index (Phi) is 3.93. The van der Waals surface area contributed by atoms with Gasteiger partial charge in [0.05, 0.1) is 31.8 Å². The van der Waals surface area contributed by atoms with E-state index in [9.17, 15) is 0 Å². The second-order valence-corrected chi connectivity index (χ2v) is 4.60. The molecule has 0 saturated carbocycles. The Morgan fingerprint density at radius 2 is 2.15 bits per heavy atom. The van der Waals surface area contributed by atoms with Gasteiger partial charge in [0.25, 0.3) is 0 Å². The van der Waals surface area contributed by atoms with E-state index in [1.54, 1.807) is 12.5 Å². The number of ether oxygens (including phenoxy) is 1. The number of aromatic amines is 1. The number of hydrogen-bond donors (Lipinski definition) is 2. The van der Waals surface area contributed by atoms with Gasteiger partial charge >= 0.3 is 0 Å². The molecule has 8 nitrogen and oxygen atoms in total. The molecule has 1 aliphatic rings. The topological polar surface area (TPSA) is 91.9 Å². The predicted octanol–water partition coefficient (Wildman–Crippen LogP) is 0.697. The molecule has 0 unspecified atom stereocenters. The van der Waals surface area contributed by atoms with Gasteiger partial charge in [-0.15, -0.1) is 0 Å². The molecule has 1 aliphatic heterocycles. The summed E-state index contributed by atoms with van der Waals surface area (Å²) in [4.78, 5) is 21.6. The number of rotatable bonds is 4. The maximum absolute atomic E-state index is 5.95. The van der Waals surface area contributed by atoms with E-state index in [0.29, 0.717) is 31.7 Å². The van der Waals surface area contributed by atoms with Crippen molar-refractivity contribution in [2.24, 2.45) is 0 Å². The van der Waals surface area contributed by atoms with Gasteiger partial charge in [-0.05, 0) is 11.6 Å². The minimum absolute atomic E-state index is 0.175. The third-order valence-corrected chi connectivity index (χ3v) is 3.05. The van der Waals surface area contributed by atoms with Crippen molar-refractivity contribution >= 4 is 23.5 Å². The fourth-order valence-corrected chi connectivity index (χ4v) is 2.03. The van der Waals surface area contributed by atoms with Crippen LogP contribution in [0, 0.1) is 0 Å². The monoisotopic (exact) mass is 295 g/mol. The number of halogens is 1. The van der Waals surface area contributed by atoms with Crippen LogP contribution < -0.4 is 10.2 Å². The van der Waals surface area contributed by atoms with Crippen LogP contribution in [-0.4, -0.2) is 51.2 Å². The van der Waals surface area contributed by atoms with E-state index >= 15 is 0 Å². The highest BCUT2D eigenvalue weighted by molar-refractivity contribution is 6.28. The van der Waals surface area contributed by atoms with Crippen LogP contribution in [0.1, 0.15) is 5.69 Å². The Morgan fingerprint density at radius 3 is 2.90 bits per heavy atom. The number of morpholine rings is 1. The van der Waals surface area contributed by atoms with E-state index in [1.807, 2.05) is 4.90 Å². The van der Waals surface area contributed by atoms with Crippen molar-refractivity contribution in [1.82, 2.24) is 24.9 Å². The van der Waals surface area contributed by atoms with E-state index in [4.69, 9.17) is 16.3 Å². The molecule has 3 heterocycles. The van der Waals surface area contributed by atoms with Crippen LogP contribution in [0.25, 0.3) is 0 Å². The van der Waals surface area contributed by atoms with E-state index in [1.165, 1.54) is 0 Å². The molecule has 0 atom stereocenters. The van der Waals surface area contributed by atoms with Crippen LogP contribution in [0.4, 0.5) is 11.9 Å². The van der Waals surface area contributed by atoms with Crippen molar-refractivity contribution in [3.05, 3.63) is 23.5 Å². The summed E-state index contributed by atoms with van der Waals surface area (Å²) in [6, 6.07) is 0. The SMILES string of the molecule is Clc1nc(NCc2cnc[nH]2)nc(N2CCOCC2)n1. The molecule has 0 bridgehead atoms. The van der Waals surface area contributed by atoms with Gasteiger partial charge < -0.3 is 19.9 Å². The van der Waals surface area contributed by atoms with Crippen LogP contribution in [0.5, 0.6) is 0 Å². The van der Waals surface area contributed by atoms with Crippen molar-refractivity contribution in [2.75, 3.05) is 36.5 Å². The molecule has 2 aromatic heterocycles. The molecular weight excluding hydrogens is 282 g/mol. The minimum Gasteiger partial charge on any atom is -0.378 e. The summed E-state index contributed by atoms with van der Waals surface area (Å²) in [6.45, 7) is 3.38. The molecule has 2 aromatic rings. The summed E-state index contributed by atoms with van der Waals surface area (Å²) >= 11 is 5.95. The van der Waals surface area contributed by atoms with Crippen molar-refractivity contribution < 1.29 is 4.74 Å². The molecule has 1 fully saturated rings. The Bertz CT molecular complexity index is 556. The van der Waals surface area contributed by atoms with Crippen molar-refractivity contribution in [2.45, 2.75) is 6.54 Å². The van der Waals surface area contributed by atoms with Crippen LogP contribution >= 0.6 is 11.6 Å². The summed E-state index contributed by atoms with van der Waals surface area (Å²) in [6.07, 6.45) is 3.36. The lowest BCUT2D eigenvalue weighted by Crippen LogP contribution is -2.37. The van der Waals surface area contributed by atoms with Crippen molar-refractivity contribution in [3.8, 4) is 0 Å². The smallest absolute Gasteiger partial charge is 0.231 e. The molecule has 106 valence electrons. The largest absolute Gasteiger partial charge is 0.378 e. The third kappa shape index (κ3) is 3.14. The minimum atomic E-state index is 0.175. The quantitative estimate of drug-likeness (QED) is 0.857. The molecule has 0 aliphatic carbocycles. The molecular formula is C11H14ClN7O. The van der Waals surface area contributed by atoms with E-state index in [-0.39, 0.29) is 5.28 Å². The summed E-state index contributed by atoms with van der Waals surface area (Å²) in [5, 5.41) is 3.27. The second-order valence-electron chi connectivity index (χ2n) is 4.26. The molecule has 0 amide bonds. The Morgan fingerprint density at radius 1 is 1.30 bits per heavy atom. The Hall–Kier alpha value is -1.93. The molecule has 3 rings (SSSR count). The van der Waals surface area contributed by atoms with Crippen LogP contribution in [0.3, 0.4) is 0 Å². The van der Waals surface area contributed by atoms with Gasteiger partial charge in [-0.25, -0.2) is 4.98 Å². The standard InChI is InChI=1S/C11H14ClN7O/c12-9-16-10(14-6-8-5-13-7-15-8)18-11(17-9)19-1-3-20-4-2-19/h5,7H,1-4,6H2,(H,13,15)(H,14,16,17,18). The molecule has 0 spiro atoms. The number of aromatic nitrogens is 5. The molecule has 9 heteroatoms. The number of nitrogens with zero attached hydrogens (tertiary/aromatic N) is 5. The second kappa shape index (κ2) is 6.02. The van der Waals surface area contributed by atoms with Gasteiger partial charge in [0, 0.05) is 19.3 Å². The van der Waals surface area contributed by atoms with Crippen LogP contribution in [-0.2, 0) is 11.3 Å². The lowest BCUT2D eigenvalue weighted by Gasteiger charge is -2.26. The van der Waals surface area contributed by atoms with Crippen LogP contribution in [0.15, 0.2) is 12.5 Å². The number of imidazole rings is 1. The molecule has 0 aromatic carbocycles. The normalized spacial score (nSPS) is 15.3. The lowest BCUT2D eigenvalue weighted by atomic mass is 10.4. The fourth-order valence-electron chi connectivity index (χ4n) is 1.88. The molecule has 1 saturated heterocycles. The highest BCUT2D eigenvalue weighted by atomic mass is 35.5. The Balaban J connectivity index is 1.72. The van der Waals surface area contributed by atoms with Crippen molar-refractivity contribution in [3.63, 3.8) is 0 Å². The van der Waals surface area contributed by atoms with Gasteiger partial charge in [-0.3, -0.25) is 0 Å². The highest BCUT2D eigenvalue weighted by Crippen LogP contribution is 2.15. The van der Waals surface area contributed by atoms with E-state index in [0.717, 1.165) is 18.8 Å². The first-order valence-corrected chi connectivity index (χ1v) is 6.64. The fraction of sp³-hybridized carbons (Fsp3) is 0.455. The van der Waals surface area contributed by atoms with Gasteiger partial charge in [-0.1, -0.05) is 0 Å². The molecule has 0 radical (unpaired) electrons. The first-order valence-electron chi connectivity index (χ1n) is 6.26. The zero-order valence-electron chi connectivity index (χ0n) is 10.7. The van der Waals surface area contributed by atoms with Crippen molar-refractivity contribution in [1.29, 1.82) is 0 Å². The van der Waals surface area contributed by atoms with Gasteiger partial charge in [0.15, 0.2) is 0 Å². The third-order valence-electron chi connectivity index (χ3n) is 2.88. The number of nitrogens with one attached hydrogen (secondary N) is 2. The number of hydrogen-bond acceptors (Lipinski definition) is 7. The maximum Gasteiger partial charge on any atom is 0.231 e. The van der Waals surface area contributed by atoms with Crippen LogP contribution in [0.2, 0.25) is 5.28 Å². The summed E-state index contributed by atoms with van der Waals surface area (Å²) in [5.74, 6) is 1.02. The first kappa shape index (κ1) is 13.1. The average molecular weight is 296 g/mol. The Labute approximate surface area is 120 Å². The summed E-state index contributed by atoms with van der Waals surface area (Å²) in [7, 11) is 0. The van der Waals surface area contributed by atoms with Gasteiger partial charge in [0.1, 0.15) is 0 Å². The lowest BCUT2D eigenvalue weighted by molar-refractivity contribution is 0.122. The average Bonchev–Trinajstić information content (AvgIpc) is 2.99. The molecule has 20 heavy (non-hydrogen) atoms. The van der Waals surface area contributed by atoms with E-state index < -0.39 is 0 Å². The predicted molar refractivity (Wildman–Crippen MR) is 73.8 cm³/mol. The van der Waals surface area contributed by atoms with Gasteiger partial charge in [0.2, 0.25) is 17.2 Å². The number of H-pyrrole nitrogens is 1. The van der Waals surface area contributed by atoms with E-state index in [2.05, 4.69) is 30.2 Å².